The predicted octanol–water partition coefficient (Wildman–Crippen LogP) is 2.05. The van der Waals surface area contributed by atoms with Crippen LogP contribution in [0.4, 0.5) is 5.69 Å². The van der Waals surface area contributed by atoms with E-state index in [1.165, 1.54) is 18.2 Å². The van der Waals surface area contributed by atoms with Gasteiger partial charge in [0.1, 0.15) is 4.90 Å². The summed E-state index contributed by atoms with van der Waals surface area (Å²) in [4.78, 5) is 11.1. The Bertz CT molecular complexity index is 684. The smallest absolute Gasteiger partial charge is 0.335 e. The molecule has 134 valence electrons. The van der Waals surface area contributed by atoms with Gasteiger partial charge < -0.3 is 15.2 Å². The first kappa shape index (κ1) is 18.7. The summed E-state index contributed by atoms with van der Waals surface area (Å²) in [7, 11) is -3.82. The number of carbonyl (C=O) groups is 1. The van der Waals surface area contributed by atoms with Gasteiger partial charge in [-0.3, -0.25) is 0 Å². The van der Waals surface area contributed by atoms with Gasteiger partial charge in [0.2, 0.25) is 10.0 Å². The molecule has 8 heteroatoms. The van der Waals surface area contributed by atoms with E-state index in [4.69, 9.17) is 9.84 Å². The number of benzene rings is 1. The molecule has 24 heavy (non-hydrogen) atoms. The summed E-state index contributed by atoms with van der Waals surface area (Å²) in [5.74, 6) is -1.17. The van der Waals surface area contributed by atoms with Gasteiger partial charge in [-0.05, 0) is 44.4 Å². The van der Waals surface area contributed by atoms with Gasteiger partial charge in [0.05, 0.1) is 17.4 Å². The van der Waals surface area contributed by atoms with Crippen molar-refractivity contribution in [2.24, 2.45) is 0 Å². The Morgan fingerprint density at radius 2 is 2.21 bits per heavy atom. The van der Waals surface area contributed by atoms with Crippen molar-refractivity contribution in [3.8, 4) is 0 Å². The minimum Gasteiger partial charge on any atom is -0.478 e. The quantitative estimate of drug-likeness (QED) is 0.658. The Morgan fingerprint density at radius 3 is 2.79 bits per heavy atom. The Morgan fingerprint density at radius 1 is 1.46 bits per heavy atom. The topological polar surface area (TPSA) is 105 Å². The standard InChI is InChI=1S/C16H24N2O5S/c1-3-11(2)18-24(21,22)15-9-12(16(19)20)6-7-14(15)17-10-13-5-4-8-23-13/h6-7,9,11,13,17-18H,3-5,8,10H2,1-2H3,(H,19,20)/t11-,13-/m1/s1. The maximum atomic E-state index is 12.6. The SMILES string of the molecule is CC[C@@H](C)NS(=O)(=O)c1cc(C(=O)O)ccc1NC[C@H]1CCCO1. The van der Waals surface area contributed by atoms with Gasteiger partial charge in [-0.25, -0.2) is 17.9 Å². The molecule has 1 fully saturated rings. The molecule has 7 nitrogen and oxygen atoms in total. The Labute approximate surface area is 142 Å². The van der Waals surface area contributed by atoms with Crippen molar-refractivity contribution in [2.75, 3.05) is 18.5 Å². The summed E-state index contributed by atoms with van der Waals surface area (Å²) in [5.41, 5.74) is 0.313. The molecule has 0 aromatic heterocycles. The number of anilines is 1. The molecule has 0 bridgehead atoms. The van der Waals surface area contributed by atoms with E-state index in [0.717, 1.165) is 12.8 Å². The first-order valence-electron chi connectivity index (χ1n) is 8.08. The maximum Gasteiger partial charge on any atom is 0.335 e. The molecule has 0 amide bonds. The molecular weight excluding hydrogens is 332 g/mol. The van der Waals surface area contributed by atoms with Crippen molar-refractivity contribution in [3.05, 3.63) is 23.8 Å². The van der Waals surface area contributed by atoms with Crippen LogP contribution in [0.1, 0.15) is 43.5 Å². The number of nitrogens with one attached hydrogen (secondary N) is 2. The molecule has 3 N–H and O–H groups in total. The van der Waals surface area contributed by atoms with Crippen LogP contribution in [-0.2, 0) is 14.8 Å². The van der Waals surface area contributed by atoms with Crippen LogP contribution in [-0.4, -0.2) is 44.8 Å². The highest BCUT2D eigenvalue weighted by Crippen LogP contribution is 2.24. The fourth-order valence-electron chi connectivity index (χ4n) is 2.46. The highest BCUT2D eigenvalue weighted by Gasteiger charge is 2.23. The van der Waals surface area contributed by atoms with Crippen molar-refractivity contribution >= 4 is 21.7 Å². The summed E-state index contributed by atoms with van der Waals surface area (Å²) >= 11 is 0. The number of rotatable bonds is 8. The molecule has 1 saturated heterocycles. The molecule has 1 aromatic carbocycles. The Hall–Kier alpha value is -1.64. The molecule has 0 aliphatic carbocycles. The Kier molecular flexibility index (Phi) is 6.20. The molecule has 0 saturated carbocycles. The highest BCUT2D eigenvalue weighted by molar-refractivity contribution is 7.89. The van der Waals surface area contributed by atoms with Crippen LogP contribution in [0, 0.1) is 0 Å². The van der Waals surface area contributed by atoms with Gasteiger partial charge in [-0.2, -0.15) is 0 Å². The van der Waals surface area contributed by atoms with E-state index in [1.54, 1.807) is 6.92 Å². The van der Waals surface area contributed by atoms with Crippen molar-refractivity contribution in [1.82, 2.24) is 4.72 Å². The van der Waals surface area contributed by atoms with E-state index in [0.29, 0.717) is 25.3 Å². The number of ether oxygens (including phenoxy) is 1. The van der Waals surface area contributed by atoms with Crippen molar-refractivity contribution < 1.29 is 23.1 Å². The minimum absolute atomic E-state index is 0.0437. The van der Waals surface area contributed by atoms with Crippen LogP contribution < -0.4 is 10.0 Å². The molecule has 0 radical (unpaired) electrons. The van der Waals surface area contributed by atoms with Crippen molar-refractivity contribution in [3.63, 3.8) is 0 Å². The van der Waals surface area contributed by atoms with Crippen LogP contribution in [0.15, 0.2) is 23.1 Å². The van der Waals surface area contributed by atoms with E-state index in [1.807, 2.05) is 6.92 Å². The van der Waals surface area contributed by atoms with Crippen LogP contribution in [0.25, 0.3) is 0 Å². The minimum atomic E-state index is -3.82. The molecule has 1 aliphatic rings. The van der Waals surface area contributed by atoms with E-state index >= 15 is 0 Å². The lowest BCUT2D eigenvalue weighted by Crippen LogP contribution is -2.33. The maximum absolute atomic E-state index is 12.6. The fraction of sp³-hybridized carbons (Fsp3) is 0.562. The number of carboxylic acid groups (broad SMARTS) is 1. The van der Waals surface area contributed by atoms with Gasteiger partial charge in [0, 0.05) is 19.2 Å². The second kappa shape index (κ2) is 7.96. The lowest BCUT2D eigenvalue weighted by molar-refractivity contribution is 0.0696. The predicted molar refractivity (Wildman–Crippen MR) is 90.9 cm³/mol. The van der Waals surface area contributed by atoms with E-state index in [9.17, 15) is 13.2 Å². The number of hydrogen-bond donors (Lipinski definition) is 3. The zero-order chi connectivity index (χ0) is 17.7. The van der Waals surface area contributed by atoms with Gasteiger partial charge >= 0.3 is 5.97 Å². The third kappa shape index (κ3) is 4.68. The van der Waals surface area contributed by atoms with Crippen LogP contribution >= 0.6 is 0 Å². The largest absolute Gasteiger partial charge is 0.478 e. The molecule has 0 spiro atoms. The average molecular weight is 356 g/mol. The summed E-state index contributed by atoms with van der Waals surface area (Å²) in [5, 5.41) is 12.2. The summed E-state index contributed by atoms with van der Waals surface area (Å²) in [6.45, 7) is 4.83. The van der Waals surface area contributed by atoms with E-state index in [2.05, 4.69) is 10.0 Å². The third-order valence-corrected chi connectivity index (χ3v) is 5.66. The molecule has 2 atom stereocenters. The van der Waals surface area contributed by atoms with Crippen LogP contribution in [0.2, 0.25) is 0 Å². The van der Waals surface area contributed by atoms with Crippen LogP contribution in [0.5, 0.6) is 0 Å². The lowest BCUT2D eigenvalue weighted by atomic mass is 10.2. The van der Waals surface area contributed by atoms with Crippen molar-refractivity contribution in [2.45, 2.75) is 50.2 Å². The number of sulfonamides is 1. The fourth-order valence-corrected chi connectivity index (χ4v) is 4.00. The molecule has 1 heterocycles. The molecule has 1 aromatic rings. The lowest BCUT2D eigenvalue weighted by Gasteiger charge is -2.18. The monoisotopic (exact) mass is 356 g/mol. The third-order valence-electron chi connectivity index (χ3n) is 4.03. The zero-order valence-corrected chi connectivity index (χ0v) is 14.7. The molecule has 1 aliphatic heterocycles. The Balaban J connectivity index is 2.29. The average Bonchev–Trinajstić information content (AvgIpc) is 3.05. The number of carboxylic acids is 1. The van der Waals surface area contributed by atoms with Gasteiger partial charge in [-0.15, -0.1) is 0 Å². The van der Waals surface area contributed by atoms with Crippen molar-refractivity contribution in [1.29, 1.82) is 0 Å². The highest BCUT2D eigenvalue weighted by atomic mass is 32.2. The normalized spacial score (nSPS) is 19.2. The molecule has 0 unspecified atom stereocenters. The second-order valence-corrected chi connectivity index (χ2v) is 7.65. The summed E-state index contributed by atoms with van der Waals surface area (Å²) < 4.78 is 33.3. The van der Waals surface area contributed by atoms with Gasteiger partial charge in [0.25, 0.3) is 0 Å². The molecule has 2 rings (SSSR count). The number of aromatic carboxylic acids is 1. The number of hydrogen-bond acceptors (Lipinski definition) is 5. The molecular formula is C16H24N2O5S. The summed E-state index contributed by atoms with van der Waals surface area (Å²) in [6, 6.07) is 3.83. The van der Waals surface area contributed by atoms with Gasteiger partial charge in [-0.1, -0.05) is 6.92 Å². The van der Waals surface area contributed by atoms with E-state index < -0.39 is 16.0 Å². The zero-order valence-electron chi connectivity index (χ0n) is 13.9. The first-order valence-corrected chi connectivity index (χ1v) is 9.57. The van der Waals surface area contributed by atoms with Crippen LogP contribution in [0.3, 0.4) is 0 Å². The van der Waals surface area contributed by atoms with E-state index in [-0.39, 0.29) is 22.6 Å². The van der Waals surface area contributed by atoms with Gasteiger partial charge in [0.15, 0.2) is 0 Å². The second-order valence-electron chi connectivity index (χ2n) is 5.96. The first-order chi connectivity index (χ1) is 11.3. The summed E-state index contributed by atoms with van der Waals surface area (Å²) in [6.07, 6.45) is 2.59.